The number of nitrogens with zero attached hydrogens (tertiary/aromatic N) is 3. The second-order valence-corrected chi connectivity index (χ2v) is 5.15. The van der Waals surface area contributed by atoms with E-state index >= 15 is 0 Å². The Hall–Kier alpha value is -0.760. The van der Waals surface area contributed by atoms with E-state index in [1.807, 2.05) is 4.90 Å². The van der Waals surface area contributed by atoms with Crippen molar-refractivity contribution in [2.45, 2.75) is 19.0 Å². The van der Waals surface area contributed by atoms with Crippen LogP contribution in [0.2, 0.25) is 4.34 Å². The van der Waals surface area contributed by atoms with Crippen LogP contribution in [-0.4, -0.2) is 51.4 Å². The first-order valence-electron chi connectivity index (χ1n) is 5.17. The van der Waals surface area contributed by atoms with Crippen molar-refractivity contribution in [1.82, 2.24) is 14.5 Å². The SMILES string of the molecule is O=C(O)CC1COCCN1Cc1nnsc1Cl. The molecule has 1 unspecified atom stereocenters. The van der Waals surface area contributed by atoms with Crippen LogP contribution in [-0.2, 0) is 16.1 Å². The average Bonchev–Trinajstić information content (AvgIpc) is 2.67. The Bertz CT molecular complexity index is 401. The maximum Gasteiger partial charge on any atom is 0.305 e. The Balaban J connectivity index is 2.01. The van der Waals surface area contributed by atoms with Gasteiger partial charge >= 0.3 is 5.97 Å². The van der Waals surface area contributed by atoms with E-state index in [0.717, 1.165) is 11.5 Å². The molecule has 1 aromatic rings. The quantitative estimate of drug-likeness (QED) is 0.880. The third kappa shape index (κ3) is 3.35. The summed E-state index contributed by atoms with van der Waals surface area (Å²) in [5, 5.41) is 12.8. The highest BCUT2D eigenvalue weighted by Crippen LogP contribution is 2.21. The maximum atomic E-state index is 10.7. The minimum atomic E-state index is -0.826. The van der Waals surface area contributed by atoms with Gasteiger partial charge in [0.05, 0.1) is 19.6 Å². The highest BCUT2D eigenvalue weighted by Gasteiger charge is 2.26. The maximum absolute atomic E-state index is 10.7. The number of carbonyl (C=O) groups is 1. The molecule has 0 aromatic carbocycles. The van der Waals surface area contributed by atoms with Gasteiger partial charge in [-0.2, -0.15) is 0 Å². The molecule has 1 N–H and O–H groups in total. The summed E-state index contributed by atoms with van der Waals surface area (Å²) in [6.45, 7) is 2.25. The Morgan fingerprint density at radius 2 is 2.53 bits per heavy atom. The molecule has 2 heterocycles. The second-order valence-electron chi connectivity index (χ2n) is 3.79. The number of aliphatic carboxylic acids is 1. The normalized spacial score (nSPS) is 21.6. The fraction of sp³-hybridized carbons (Fsp3) is 0.667. The van der Waals surface area contributed by atoms with E-state index in [1.165, 1.54) is 0 Å². The summed E-state index contributed by atoms with van der Waals surface area (Å²) in [7, 11) is 0. The average molecular weight is 278 g/mol. The first-order chi connectivity index (χ1) is 8.16. The van der Waals surface area contributed by atoms with Crippen LogP contribution in [0.5, 0.6) is 0 Å². The first-order valence-corrected chi connectivity index (χ1v) is 6.32. The van der Waals surface area contributed by atoms with Crippen molar-refractivity contribution in [3.8, 4) is 0 Å². The van der Waals surface area contributed by atoms with Crippen molar-refractivity contribution in [2.24, 2.45) is 0 Å². The summed E-state index contributed by atoms with van der Waals surface area (Å²) in [6, 6.07) is -0.126. The summed E-state index contributed by atoms with van der Waals surface area (Å²) < 4.78 is 9.61. The van der Waals surface area contributed by atoms with Crippen LogP contribution in [0, 0.1) is 0 Å². The van der Waals surface area contributed by atoms with Gasteiger partial charge in [-0.25, -0.2) is 0 Å². The van der Waals surface area contributed by atoms with Crippen molar-refractivity contribution < 1.29 is 14.6 Å². The van der Waals surface area contributed by atoms with Gasteiger partial charge in [0.1, 0.15) is 10.0 Å². The number of hydrogen-bond acceptors (Lipinski definition) is 6. The molecule has 1 fully saturated rings. The van der Waals surface area contributed by atoms with Crippen molar-refractivity contribution in [3.63, 3.8) is 0 Å². The fourth-order valence-electron chi connectivity index (χ4n) is 1.77. The highest BCUT2D eigenvalue weighted by molar-refractivity contribution is 7.10. The van der Waals surface area contributed by atoms with Gasteiger partial charge in [-0.3, -0.25) is 9.69 Å². The molecule has 0 amide bonds. The van der Waals surface area contributed by atoms with E-state index < -0.39 is 5.97 Å². The van der Waals surface area contributed by atoms with Gasteiger partial charge in [0.2, 0.25) is 0 Å². The minimum Gasteiger partial charge on any atom is -0.481 e. The number of rotatable bonds is 4. The summed E-state index contributed by atoms with van der Waals surface area (Å²) in [6.07, 6.45) is 0.0647. The number of morpholine rings is 1. The van der Waals surface area contributed by atoms with Crippen LogP contribution < -0.4 is 0 Å². The lowest BCUT2D eigenvalue weighted by Crippen LogP contribution is -2.46. The smallest absolute Gasteiger partial charge is 0.305 e. The molecular weight excluding hydrogens is 266 g/mol. The molecule has 8 heteroatoms. The molecule has 17 heavy (non-hydrogen) atoms. The molecule has 0 bridgehead atoms. The molecule has 1 atom stereocenters. The van der Waals surface area contributed by atoms with Crippen LogP contribution in [0.15, 0.2) is 0 Å². The minimum absolute atomic E-state index is 0.0647. The monoisotopic (exact) mass is 277 g/mol. The van der Waals surface area contributed by atoms with Crippen molar-refractivity contribution in [3.05, 3.63) is 10.0 Å². The molecule has 1 aliphatic rings. The van der Waals surface area contributed by atoms with Crippen LogP contribution >= 0.6 is 23.1 Å². The summed E-state index contributed by atoms with van der Waals surface area (Å²) in [5.74, 6) is -0.826. The van der Waals surface area contributed by atoms with Gasteiger partial charge in [0.15, 0.2) is 0 Å². The molecule has 2 rings (SSSR count). The van der Waals surface area contributed by atoms with E-state index in [1.54, 1.807) is 0 Å². The Kier molecular flexibility index (Phi) is 4.27. The lowest BCUT2D eigenvalue weighted by molar-refractivity contribution is -0.140. The molecule has 6 nitrogen and oxygen atoms in total. The molecule has 0 radical (unpaired) electrons. The van der Waals surface area contributed by atoms with Gasteiger partial charge in [-0.05, 0) is 0 Å². The van der Waals surface area contributed by atoms with Gasteiger partial charge in [0.25, 0.3) is 0 Å². The van der Waals surface area contributed by atoms with Crippen molar-refractivity contribution >= 4 is 29.1 Å². The van der Waals surface area contributed by atoms with Crippen LogP contribution in [0.4, 0.5) is 0 Å². The zero-order valence-electron chi connectivity index (χ0n) is 9.00. The summed E-state index contributed by atoms with van der Waals surface area (Å²) >= 11 is 7.07. The number of halogens is 1. The predicted octanol–water partition coefficient (Wildman–Crippen LogP) is 0.867. The fourth-order valence-corrected chi connectivity index (χ4v) is 2.38. The number of hydrogen-bond donors (Lipinski definition) is 1. The Morgan fingerprint density at radius 1 is 1.71 bits per heavy atom. The zero-order chi connectivity index (χ0) is 12.3. The largest absolute Gasteiger partial charge is 0.481 e. The lowest BCUT2D eigenvalue weighted by atomic mass is 10.1. The van der Waals surface area contributed by atoms with Crippen LogP contribution in [0.3, 0.4) is 0 Å². The van der Waals surface area contributed by atoms with Gasteiger partial charge in [-0.15, -0.1) is 5.10 Å². The predicted molar refractivity (Wildman–Crippen MR) is 62.2 cm³/mol. The number of carboxylic acids is 1. The highest BCUT2D eigenvalue weighted by atomic mass is 35.5. The third-order valence-electron chi connectivity index (χ3n) is 2.62. The molecule has 1 aromatic heterocycles. The molecular formula is C9H12ClN3O3S. The Labute approximate surface area is 107 Å². The van der Waals surface area contributed by atoms with E-state index in [2.05, 4.69) is 9.59 Å². The molecule has 0 aliphatic carbocycles. The van der Waals surface area contributed by atoms with Gasteiger partial charge in [0, 0.05) is 30.7 Å². The second kappa shape index (κ2) is 5.72. The number of ether oxygens (including phenoxy) is 1. The zero-order valence-corrected chi connectivity index (χ0v) is 10.6. The Morgan fingerprint density at radius 3 is 3.18 bits per heavy atom. The molecule has 1 saturated heterocycles. The number of aromatic nitrogens is 2. The van der Waals surface area contributed by atoms with E-state index in [-0.39, 0.29) is 12.5 Å². The standard InChI is InChI=1S/C9H12ClN3O3S/c10-9-7(11-12-17-9)4-13-1-2-16-5-6(13)3-8(14)15/h6H,1-5H2,(H,14,15). The lowest BCUT2D eigenvalue weighted by Gasteiger charge is -2.34. The molecule has 1 aliphatic heterocycles. The first kappa shape index (κ1) is 12.7. The molecule has 94 valence electrons. The summed E-state index contributed by atoms with van der Waals surface area (Å²) in [5.41, 5.74) is 0.703. The van der Waals surface area contributed by atoms with Crippen LogP contribution in [0.1, 0.15) is 12.1 Å². The van der Waals surface area contributed by atoms with Gasteiger partial charge < -0.3 is 9.84 Å². The van der Waals surface area contributed by atoms with Gasteiger partial charge in [-0.1, -0.05) is 16.1 Å². The molecule has 0 spiro atoms. The van der Waals surface area contributed by atoms with Crippen LogP contribution in [0.25, 0.3) is 0 Å². The van der Waals surface area contributed by atoms with E-state index in [9.17, 15) is 4.79 Å². The van der Waals surface area contributed by atoms with E-state index in [4.69, 9.17) is 21.4 Å². The van der Waals surface area contributed by atoms with E-state index in [0.29, 0.717) is 36.3 Å². The van der Waals surface area contributed by atoms with Crippen molar-refractivity contribution in [2.75, 3.05) is 19.8 Å². The molecule has 0 saturated carbocycles. The number of carboxylic acid groups (broad SMARTS) is 1. The topological polar surface area (TPSA) is 75.6 Å². The third-order valence-corrected chi connectivity index (χ3v) is 3.61. The summed E-state index contributed by atoms with van der Waals surface area (Å²) in [4.78, 5) is 12.8. The van der Waals surface area contributed by atoms with Crippen molar-refractivity contribution in [1.29, 1.82) is 0 Å².